The van der Waals surface area contributed by atoms with Crippen molar-refractivity contribution >= 4 is 34.1 Å². The second-order valence-corrected chi connectivity index (χ2v) is 5.54. The molecule has 0 aliphatic heterocycles. The summed E-state index contributed by atoms with van der Waals surface area (Å²) in [7, 11) is 0. The predicted molar refractivity (Wildman–Crippen MR) is 84.0 cm³/mol. The van der Waals surface area contributed by atoms with Gasteiger partial charge in [0.2, 0.25) is 0 Å². The molecule has 0 radical (unpaired) electrons. The molecule has 0 atom stereocenters. The van der Waals surface area contributed by atoms with Crippen molar-refractivity contribution in [3.63, 3.8) is 0 Å². The molecular weight excluding hydrogens is 309 g/mol. The Kier molecular flexibility index (Phi) is 3.90. The van der Waals surface area contributed by atoms with Crippen molar-refractivity contribution < 1.29 is 0 Å². The van der Waals surface area contributed by atoms with Crippen LogP contribution in [0, 0.1) is 0 Å². The van der Waals surface area contributed by atoms with E-state index >= 15 is 0 Å². The summed E-state index contributed by atoms with van der Waals surface area (Å²) in [6.45, 7) is 0.515. The number of fused-ring (bicyclic) bond motifs is 1. The second kappa shape index (κ2) is 5.84. The fourth-order valence-corrected chi connectivity index (χ4v) is 2.74. The third-order valence-electron chi connectivity index (χ3n) is 3.19. The zero-order valence-electron chi connectivity index (χ0n) is 11.0. The van der Waals surface area contributed by atoms with Crippen molar-refractivity contribution in [1.82, 2.24) is 14.5 Å². The third-order valence-corrected chi connectivity index (χ3v) is 3.63. The minimum Gasteiger partial charge on any atom is -0.298 e. The van der Waals surface area contributed by atoms with Gasteiger partial charge in [-0.15, -0.1) is 0 Å². The van der Waals surface area contributed by atoms with Gasteiger partial charge in [-0.1, -0.05) is 23.2 Å². The number of hydrogen-bond acceptors (Lipinski definition) is 3. The summed E-state index contributed by atoms with van der Waals surface area (Å²) in [6.07, 6.45) is 5.36. The first-order chi connectivity index (χ1) is 10.1. The molecule has 0 spiro atoms. The molecule has 0 aliphatic rings. The molecule has 2 aromatic heterocycles. The van der Waals surface area contributed by atoms with Crippen LogP contribution in [0.25, 0.3) is 10.9 Å². The molecule has 0 N–H and O–H groups in total. The lowest BCUT2D eigenvalue weighted by atomic mass is 10.1. The van der Waals surface area contributed by atoms with Gasteiger partial charge in [-0.3, -0.25) is 14.3 Å². The quantitative estimate of drug-likeness (QED) is 0.743. The van der Waals surface area contributed by atoms with Crippen LogP contribution in [0.3, 0.4) is 0 Å². The van der Waals surface area contributed by atoms with E-state index in [1.165, 1.54) is 0 Å². The number of nitrogens with zero attached hydrogens (tertiary/aromatic N) is 3. The first-order valence-electron chi connectivity index (χ1n) is 6.37. The smallest absolute Gasteiger partial charge is 0.261 e. The second-order valence-electron chi connectivity index (χ2n) is 4.66. The van der Waals surface area contributed by atoms with Crippen LogP contribution in [0.1, 0.15) is 5.56 Å². The van der Waals surface area contributed by atoms with Crippen LogP contribution in [0.5, 0.6) is 0 Å². The maximum absolute atomic E-state index is 12.3. The average Bonchev–Trinajstić information content (AvgIpc) is 2.46. The van der Waals surface area contributed by atoms with Crippen molar-refractivity contribution in [1.29, 1.82) is 0 Å². The topological polar surface area (TPSA) is 47.8 Å². The summed E-state index contributed by atoms with van der Waals surface area (Å²) >= 11 is 11.9. The van der Waals surface area contributed by atoms with Crippen molar-refractivity contribution in [2.45, 2.75) is 13.0 Å². The van der Waals surface area contributed by atoms with E-state index in [-0.39, 0.29) is 5.56 Å². The lowest BCUT2D eigenvalue weighted by Crippen LogP contribution is -2.21. The molecule has 6 heteroatoms. The molecule has 21 heavy (non-hydrogen) atoms. The molecule has 0 bridgehead atoms. The number of aromatic nitrogens is 3. The van der Waals surface area contributed by atoms with E-state index in [0.29, 0.717) is 33.9 Å². The zero-order valence-corrected chi connectivity index (χ0v) is 12.5. The standard InChI is InChI=1S/C15H11Cl2N3O/c16-11-5-10(6-12(17)7-11)2-4-20-9-19-14-8-18-3-1-13(14)15(20)21/h1,3,5-9H,2,4H2. The predicted octanol–water partition coefficient (Wildman–Crippen LogP) is 3.34. The maximum Gasteiger partial charge on any atom is 0.261 e. The van der Waals surface area contributed by atoms with Crippen LogP contribution in [0.2, 0.25) is 10.0 Å². The van der Waals surface area contributed by atoms with Gasteiger partial charge in [0.05, 0.1) is 23.4 Å². The highest BCUT2D eigenvalue weighted by Crippen LogP contribution is 2.19. The van der Waals surface area contributed by atoms with Crippen LogP contribution in [0.4, 0.5) is 0 Å². The molecule has 0 saturated heterocycles. The van der Waals surface area contributed by atoms with E-state index in [0.717, 1.165) is 5.56 Å². The minimum absolute atomic E-state index is 0.0736. The summed E-state index contributed by atoms with van der Waals surface area (Å²) in [5.41, 5.74) is 1.51. The van der Waals surface area contributed by atoms with Gasteiger partial charge in [0.25, 0.3) is 5.56 Å². The van der Waals surface area contributed by atoms with Gasteiger partial charge < -0.3 is 0 Å². The highest BCUT2D eigenvalue weighted by Gasteiger charge is 2.05. The van der Waals surface area contributed by atoms with E-state index in [9.17, 15) is 4.79 Å². The molecule has 0 unspecified atom stereocenters. The molecule has 3 aromatic rings. The van der Waals surface area contributed by atoms with Gasteiger partial charge in [-0.05, 0) is 36.2 Å². The van der Waals surface area contributed by atoms with Gasteiger partial charge in [-0.25, -0.2) is 4.98 Å². The molecule has 1 aromatic carbocycles. The zero-order chi connectivity index (χ0) is 14.8. The average molecular weight is 320 g/mol. The van der Waals surface area contributed by atoms with Crippen LogP contribution >= 0.6 is 23.2 Å². The van der Waals surface area contributed by atoms with Crippen LogP contribution < -0.4 is 5.56 Å². The van der Waals surface area contributed by atoms with Crippen LogP contribution in [-0.2, 0) is 13.0 Å². The Morgan fingerprint density at radius 2 is 1.90 bits per heavy atom. The van der Waals surface area contributed by atoms with Crippen LogP contribution in [0.15, 0.2) is 47.8 Å². The summed E-state index contributed by atoms with van der Waals surface area (Å²) in [5, 5.41) is 1.75. The van der Waals surface area contributed by atoms with Gasteiger partial charge in [0, 0.05) is 22.8 Å². The third kappa shape index (κ3) is 3.06. The first kappa shape index (κ1) is 14.0. The Bertz CT molecular complexity index is 841. The fourth-order valence-electron chi connectivity index (χ4n) is 2.17. The minimum atomic E-state index is -0.0736. The number of pyridine rings is 1. The normalized spacial score (nSPS) is 11.0. The Hall–Kier alpha value is -1.91. The molecule has 0 aliphatic carbocycles. The number of aryl methyl sites for hydroxylation is 2. The monoisotopic (exact) mass is 319 g/mol. The van der Waals surface area contributed by atoms with Crippen molar-refractivity contribution in [2.75, 3.05) is 0 Å². The van der Waals surface area contributed by atoms with Gasteiger partial charge in [-0.2, -0.15) is 0 Å². The number of hydrogen-bond donors (Lipinski definition) is 0. The number of benzene rings is 1. The van der Waals surface area contributed by atoms with E-state index in [1.54, 1.807) is 35.4 Å². The first-order valence-corrected chi connectivity index (χ1v) is 7.13. The summed E-state index contributed by atoms with van der Waals surface area (Å²) < 4.78 is 1.58. The molecule has 106 valence electrons. The van der Waals surface area contributed by atoms with Crippen molar-refractivity contribution in [3.8, 4) is 0 Å². The molecule has 3 rings (SSSR count). The van der Waals surface area contributed by atoms with Crippen LogP contribution in [-0.4, -0.2) is 14.5 Å². The Balaban J connectivity index is 1.88. The van der Waals surface area contributed by atoms with Crippen molar-refractivity contribution in [2.24, 2.45) is 0 Å². The lowest BCUT2D eigenvalue weighted by molar-refractivity contribution is 0.662. The Morgan fingerprint density at radius 3 is 2.67 bits per heavy atom. The summed E-state index contributed by atoms with van der Waals surface area (Å²) in [6, 6.07) is 7.05. The van der Waals surface area contributed by atoms with E-state index in [2.05, 4.69) is 9.97 Å². The number of rotatable bonds is 3. The SMILES string of the molecule is O=c1c2ccncc2ncn1CCc1cc(Cl)cc(Cl)c1. The largest absolute Gasteiger partial charge is 0.298 e. The summed E-state index contributed by atoms with van der Waals surface area (Å²) in [5.74, 6) is 0. The van der Waals surface area contributed by atoms with Gasteiger partial charge in [0.15, 0.2) is 0 Å². The number of halogens is 2. The highest BCUT2D eigenvalue weighted by atomic mass is 35.5. The van der Waals surface area contributed by atoms with E-state index in [4.69, 9.17) is 23.2 Å². The Labute approximate surface area is 131 Å². The van der Waals surface area contributed by atoms with Crippen molar-refractivity contribution in [3.05, 3.63) is 68.9 Å². The molecule has 0 amide bonds. The molecular formula is C15H11Cl2N3O. The summed E-state index contributed by atoms with van der Waals surface area (Å²) in [4.78, 5) is 20.5. The van der Waals surface area contributed by atoms with E-state index in [1.807, 2.05) is 12.1 Å². The molecule has 2 heterocycles. The van der Waals surface area contributed by atoms with Gasteiger partial charge >= 0.3 is 0 Å². The maximum atomic E-state index is 12.3. The molecule has 0 saturated carbocycles. The molecule has 0 fully saturated rings. The lowest BCUT2D eigenvalue weighted by Gasteiger charge is -2.07. The Morgan fingerprint density at radius 1 is 1.14 bits per heavy atom. The molecule has 4 nitrogen and oxygen atoms in total. The van der Waals surface area contributed by atoms with E-state index < -0.39 is 0 Å². The fraction of sp³-hybridized carbons (Fsp3) is 0.133. The highest BCUT2D eigenvalue weighted by molar-refractivity contribution is 6.34. The van der Waals surface area contributed by atoms with Gasteiger partial charge in [0.1, 0.15) is 0 Å².